The maximum absolute atomic E-state index is 13.0. The number of aromatic nitrogens is 4. The van der Waals surface area contributed by atoms with Crippen LogP contribution in [0.25, 0.3) is 5.69 Å². The van der Waals surface area contributed by atoms with E-state index in [0.29, 0.717) is 22.2 Å². The number of ketones is 1. The zero-order valence-corrected chi connectivity index (χ0v) is 13.5. The number of carbonyl (C=O) groups excluding carboxylic acids is 1. The van der Waals surface area contributed by atoms with Crippen molar-refractivity contribution in [2.24, 2.45) is 0 Å². The summed E-state index contributed by atoms with van der Waals surface area (Å²) in [5, 5.41) is 11.9. The second kappa shape index (κ2) is 7.22. The average molecular weight is 344 g/mol. The van der Waals surface area contributed by atoms with Gasteiger partial charge in [0.1, 0.15) is 11.6 Å². The lowest BCUT2D eigenvalue weighted by Gasteiger charge is -2.05. The lowest BCUT2D eigenvalue weighted by molar-refractivity contribution is 0.102. The Bertz CT molecular complexity index is 834. The van der Waals surface area contributed by atoms with E-state index in [1.54, 1.807) is 43.5 Å². The Morgan fingerprint density at radius 2 is 1.88 bits per heavy atom. The van der Waals surface area contributed by atoms with Gasteiger partial charge >= 0.3 is 0 Å². The minimum atomic E-state index is -0.337. The second-order valence-corrected chi connectivity index (χ2v) is 5.73. The molecule has 0 bridgehead atoms. The Labute approximate surface area is 141 Å². The molecule has 1 aromatic heterocycles. The molecule has 0 aliphatic carbocycles. The normalized spacial score (nSPS) is 10.6. The molecule has 0 spiro atoms. The first-order valence-electron chi connectivity index (χ1n) is 7.02. The molecule has 0 amide bonds. The van der Waals surface area contributed by atoms with Crippen LogP contribution in [0, 0.1) is 5.82 Å². The fraction of sp³-hybridized carbons (Fsp3) is 0.125. The highest BCUT2D eigenvalue weighted by Gasteiger charge is 2.13. The third kappa shape index (κ3) is 3.60. The number of ether oxygens (including phenoxy) is 1. The van der Waals surface area contributed by atoms with Crippen LogP contribution in [0.4, 0.5) is 4.39 Å². The highest BCUT2D eigenvalue weighted by atomic mass is 32.2. The van der Waals surface area contributed by atoms with Crippen molar-refractivity contribution in [3.05, 3.63) is 59.9 Å². The van der Waals surface area contributed by atoms with Crippen LogP contribution in [0.15, 0.2) is 53.7 Å². The molecule has 0 saturated carbocycles. The van der Waals surface area contributed by atoms with E-state index in [-0.39, 0.29) is 17.4 Å². The quantitative estimate of drug-likeness (QED) is 0.506. The lowest BCUT2D eigenvalue weighted by atomic mass is 10.1. The predicted octanol–water partition coefficient (Wildman–Crippen LogP) is 2.79. The summed E-state index contributed by atoms with van der Waals surface area (Å²) in [5.41, 5.74) is 1.21. The standard InChI is InChI=1S/C16H13FN4O2S/c1-23-14-8-2-11(3-9-14)15(22)10-24-16-18-19-20-21(16)13-6-4-12(17)5-7-13/h2-9H,10H2,1H3. The van der Waals surface area contributed by atoms with E-state index in [9.17, 15) is 9.18 Å². The van der Waals surface area contributed by atoms with E-state index in [1.807, 2.05) is 0 Å². The Hall–Kier alpha value is -2.74. The summed E-state index contributed by atoms with van der Waals surface area (Å²) >= 11 is 1.22. The first kappa shape index (κ1) is 16.1. The summed E-state index contributed by atoms with van der Waals surface area (Å²) in [4.78, 5) is 12.2. The van der Waals surface area contributed by atoms with Crippen LogP contribution in [0.1, 0.15) is 10.4 Å². The largest absolute Gasteiger partial charge is 0.497 e. The Morgan fingerprint density at radius 3 is 2.54 bits per heavy atom. The van der Waals surface area contributed by atoms with Gasteiger partial charge in [0.25, 0.3) is 0 Å². The number of methoxy groups -OCH3 is 1. The number of benzene rings is 2. The van der Waals surface area contributed by atoms with Gasteiger partial charge in [0.15, 0.2) is 5.78 Å². The number of thioether (sulfide) groups is 1. The van der Waals surface area contributed by atoms with Gasteiger partial charge in [-0.2, -0.15) is 4.68 Å². The molecule has 0 fully saturated rings. The number of carbonyl (C=O) groups is 1. The van der Waals surface area contributed by atoms with Gasteiger partial charge in [-0.25, -0.2) is 4.39 Å². The number of hydrogen-bond donors (Lipinski definition) is 0. The second-order valence-electron chi connectivity index (χ2n) is 4.79. The number of hydrogen-bond acceptors (Lipinski definition) is 6. The smallest absolute Gasteiger partial charge is 0.214 e. The number of rotatable bonds is 6. The first-order valence-corrected chi connectivity index (χ1v) is 8.00. The van der Waals surface area contributed by atoms with Crippen molar-refractivity contribution in [2.45, 2.75) is 5.16 Å². The number of Topliss-reactive ketones (excluding diaryl/α,β-unsaturated/α-hetero) is 1. The van der Waals surface area contributed by atoms with Crippen molar-refractivity contribution in [3.8, 4) is 11.4 Å². The van der Waals surface area contributed by atoms with Crippen molar-refractivity contribution >= 4 is 17.5 Å². The van der Waals surface area contributed by atoms with Crippen LogP contribution in [0.3, 0.4) is 0 Å². The van der Waals surface area contributed by atoms with Crippen molar-refractivity contribution in [1.82, 2.24) is 20.2 Å². The van der Waals surface area contributed by atoms with Gasteiger partial charge in [-0.3, -0.25) is 4.79 Å². The molecule has 0 unspecified atom stereocenters. The molecule has 8 heteroatoms. The summed E-state index contributed by atoms with van der Waals surface area (Å²) in [6, 6.07) is 12.7. The number of tetrazole rings is 1. The molecular weight excluding hydrogens is 331 g/mol. The molecule has 0 saturated heterocycles. The maximum Gasteiger partial charge on any atom is 0.214 e. The third-order valence-electron chi connectivity index (χ3n) is 3.26. The van der Waals surface area contributed by atoms with E-state index in [0.717, 1.165) is 0 Å². The van der Waals surface area contributed by atoms with Crippen LogP contribution >= 0.6 is 11.8 Å². The molecule has 0 radical (unpaired) electrons. The fourth-order valence-corrected chi connectivity index (χ4v) is 2.79. The summed E-state index contributed by atoms with van der Waals surface area (Å²) in [7, 11) is 1.57. The molecule has 2 aromatic carbocycles. The molecule has 0 aliphatic heterocycles. The third-order valence-corrected chi connectivity index (χ3v) is 4.18. The van der Waals surface area contributed by atoms with Crippen molar-refractivity contribution in [2.75, 3.05) is 12.9 Å². The monoisotopic (exact) mass is 344 g/mol. The van der Waals surface area contributed by atoms with Crippen molar-refractivity contribution < 1.29 is 13.9 Å². The van der Waals surface area contributed by atoms with Crippen LogP contribution in [-0.2, 0) is 0 Å². The summed E-state index contributed by atoms with van der Waals surface area (Å²) < 4.78 is 19.5. The van der Waals surface area contributed by atoms with Crippen molar-refractivity contribution in [3.63, 3.8) is 0 Å². The van der Waals surface area contributed by atoms with E-state index in [4.69, 9.17) is 4.74 Å². The Kier molecular flexibility index (Phi) is 4.85. The lowest BCUT2D eigenvalue weighted by Crippen LogP contribution is -2.05. The highest BCUT2D eigenvalue weighted by Crippen LogP contribution is 2.20. The average Bonchev–Trinajstić information content (AvgIpc) is 3.09. The molecule has 0 N–H and O–H groups in total. The van der Waals surface area contributed by atoms with Gasteiger partial charge in [0, 0.05) is 5.56 Å². The molecule has 0 atom stereocenters. The summed E-state index contributed by atoms with van der Waals surface area (Å²) in [6.07, 6.45) is 0. The first-order chi connectivity index (χ1) is 11.7. The van der Waals surface area contributed by atoms with Crippen LogP contribution in [0.5, 0.6) is 5.75 Å². The van der Waals surface area contributed by atoms with Gasteiger partial charge in [0.2, 0.25) is 5.16 Å². The van der Waals surface area contributed by atoms with E-state index in [1.165, 1.54) is 28.6 Å². The minimum Gasteiger partial charge on any atom is -0.497 e. The predicted molar refractivity (Wildman–Crippen MR) is 87.2 cm³/mol. The van der Waals surface area contributed by atoms with Gasteiger partial charge < -0.3 is 4.74 Å². The SMILES string of the molecule is COc1ccc(C(=O)CSc2nnnn2-c2ccc(F)cc2)cc1. The van der Waals surface area contributed by atoms with E-state index < -0.39 is 0 Å². The van der Waals surface area contributed by atoms with Crippen LogP contribution < -0.4 is 4.74 Å². The minimum absolute atomic E-state index is 0.0451. The molecular formula is C16H13FN4O2S. The van der Waals surface area contributed by atoms with E-state index >= 15 is 0 Å². The molecule has 3 rings (SSSR count). The van der Waals surface area contributed by atoms with Gasteiger partial charge in [-0.1, -0.05) is 11.8 Å². The van der Waals surface area contributed by atoms with Crippen molar-refractivity contribution in [1.29, 1.82) is 0 Å². The van der Waals surface area contributed by atoms with Gasteiger partial charge in [0.05, 0.1) is 18.6 Å². The number of halogens is 1. The zero-order chi connectivity index (χ0) is 16.9. The zero-order valence-electron chi connectivity index (χ0n) is 12.7. The Morgan fingerprint density at radius 1 is 1.17 bits per heavy atom. The summed E-state index contributed by atoms with van der Waals surface area (Å²) in [5.74, 6) is 0.500. The molecule has 1 heterocycles. The topological polar surface area (TPSA) is 69.9 Å². The maximum atomic E-state index is 13.0. The van der Waals surface area contributed by atoms with Crippen LogP contribution in [0.2, 0.25) is 0 Å². The van der Waals surface area contributed by atoms with Crippen LogP contribution in [-0.4, -0.2) is 38.9 Å². The highest BCUT2D eigenvalue weighted by molar-refractivity contribution is 7.99. The number of nitrogens with zero attached hydrogens (tertiary/aromatic N) is 4. The molecule has 122 valence electrons. The molecule has 3 aromatic rings. The van der Waals surface area contributed by atoms with Gasteiger partial charge in [-0.15, -0.1) is 5.10 Å². The Balaban J connectivity index is 1.69. The van der Waals surface area contributed by atoms with E-state index in [2.05, 4.69) is 15.5 Å². The van der Waals surface area contributed by atoms with Gasteiger partial charge in [-0.05, 0) is 59.0 Å². The molecule has 6 nitrogen and oxygen atoms in total. The fourth-order valence-electron chi connectivity index (χ4n) is 2.00. The molecule has 24 heavy (non-hydrogen) atoms. The summed E-state index contributed by atoms with van der Waals surface area (Å²) in [6.45, 7) is 0. The molecule has 0 aliphatic rings.